The van der Waals surface area contributed by atoms with Gasteiger partial charge in [-0.15, -0.1) is 6.42 Å². The maximum Gasteiger partial charge on any atom is 0.274 e. The van der Waals surface area contributed by atoms with Crippen molar-refractivity contribution < 1.29 is 29.0 Å². The quantitative estimate of drug-likeness (QED) is 0.125. The summed E-state index contributed by atoms with van der Waals surface area (Å²) in [7, 11) is 1.56. The molecule has 0 unspecified atom stereocenters. The first-order chi connectivity index (χ1) is 28.6. The summed E-state index contributed by atoms with van der Waals surface area (Å²) in [5.41, 5.74) is 4.94. The van der Waals surface area contributed by atoms with Crippen molar-refractivity contribution >= 4 is 35.0 Å². The summed E-state index contributed by atoms with van der Waals surface area (Å²) in [5.74, 6) is 1.71. The van der Waals surface area contributed by atoms with Crippen LogP contribution < -0.4 is 25.6 Å². The molecule has 2 aliphatic heterocycles. The number of nitrogens with zero attached hydrogens (tertiary/aromatic N) is 5. The number of pyridine rings is 1. The minimum atomic E-state index is -0.911. The maximum absolute atomic E-state index is 14.1. The van der Waals surface area contributed by atoms with E-state index in [9.17, 15) is 24.3 Å². The van der Waals surface area contributed by atoms with E-state index in [-0.39, 0.29) is 55.4 Å². The predicted octanol–water partition coefficient (Wildman–Crippen LogP) is 3.73. The zero-order valence-electron chi connectivity index (χ0n) is 35.1. The molecule has 2 aromatic carbocycles. The number of hydrogen-bond acceptors (Lipinski definition) is 10. The average Bonchev–Trinajstić information content (AvgIpc) is 3.92. The summed E-state index contributed by atoms with van der Waals surface area (Å²) in [4.78, 5) is 64.5. The van der Waals surface area contributed by atoms with Crippen molar-refractivity contribution in [2.75, 3.05) is 50.1 Å². The number of aliphatic hydroxyl groups is 1. The molecular weight excluding hydrogens is 763 g/mol. The van der Waals surface area contributed by atoms with Gasteiger partial charge in [0.15, 0.2) is 0 Å². The van der Waals surface area contributed by atoms with Crippen molar-refractivity contribution in [1.82, 2.24) is 35.6 Å². The van der Waals surface area contributed by atoms with Gasteiger partial charge in [-0.3, -0.25) is 29.2 Å². The molecule has 2 saturated heterocycles. The van der Waals surface area contributed by atoms with Gasteiger partial charge in [0.1, 0.15) is 23.5 Å². The Morgan fingerprint density at radius 2 is 1.87 bits per heavy atom. The average molecular weight is 818 g/mol. The lowest BCUT2D eigenvalue weighted by Gasteiger charge is -2.41. The minimum absolute atomic E-state index is 0.000107. The second-order valence-electron chi connectivity index (χ2n) is 16.6. The Morgan fingerprint density at radius 3 is 2.55 bits per heavy atom. The fourth-order valence-electron chi connectivity index (χ4n) is 7.77. The van der Waals surface area contributed by atoms with Gasteiger partial charge in [0, 0.05) is 81.7 Å². The molecule has 2 aliphatic rings. The van der Waals surface area contributed by atoms with Crippen LogP contribution >= 0.6 is 0 Å². The van der Waals surface area contributed by atoms with E-state index in [1.54, 1.807) is 37.6 Å². The standard InChI is InChI=1S/C45H55N9O6/c1-8-30-12-13-31(28(2)22-30)25-46-43(58)38-24-33(55)27-54(38)44(59)41(45(4,5)6)50-40(56)17-19-52-20-21-53(29(3)26-52)32-14-15-36(39(23-32)60-7)49-42(57)37-11-9-10-34(48-37)35-16-18-47-51-35/h1,9-16,18,22-23,29,33,38,41,55H,17,19-21,24-27H2,2-7H3,(H,46,58)(H,47,51)(H,49,57)(H,50,56)/t29-,33+,38-,41+/m0/s1. The third-order valence-electron chi connectivity index (χ3n) is 11.1. The molecule has 0 saturated carbocycles. The number of β-amino-alcohol motifs (C(OH)–C–C–N with tert-alkyl or cyclic N) is 1. The lowest BCUT2D eigenvalue weighted by Crippen LogP contribution is -2.58. The number of nitrogens with one attached hydrogen (secondary N) is 4. The van der Waals surface area contributed by atoms with Crippen LogP contribution in [0.4, 0.5) is 11.4 Å². The van der Waals surface area contributed by atoms with Crippen LogP contribution in [-0.4, -0.2) is 118 Å². The first-order valence-corrected chi connectivity index (χ1v) is 20.2. The lowest BCUT2D eigenvalue weighted by atomic mass is 9.85. The monoisotopic (exact) mass is 817 g/mol. The highest BCUT2D eigenvalue weighted by Gasteiger charge is 2.44. The number of terminal acetylenes is 1. The van der Waals surface area contributed by atoms with Gasteiger partial charge in [-0.05, 0) is 72.9 Å². The van der Waals surface area contributed by atoms with Gasteiger partial charge < -0.3 is 35.6 Å². The SMILES string of the molecule is C#Cc1ccc(CNC(=O)[C@@H]2C[C@@H](O)CN2C(=O)[C@@H](NC(=O)CCN2CCN(c3ccc(NC(=O)c4cccc(-c5ccn[nH]5)n4)c(OC)c3)[C@@H](C)C2)C(C)(C)C)c(C)c1. The minimum Gasteiger partial charge on any atom is -0.494 e. The first kappa shape index (κ1) is 43.3. The Hall–Kier alpha value is -6.24. The summed E-state index contributed by atoms with van der Waals surface area (Å²) in [6.45, 7) is 12.5. The molecule has 316 valence electrons. The number of piperazine rings is 1. The molecule has 2 aromatic heterocycles. The molecule has 4 aromatic rings. The number of methoxy groups -OCH3 is 1. The van der Waals surface area contributed by atoms with Crippen molar-refractivity contribution in [3.8, 4) is 29.5 Å². The summed E-state index contributed by atoms with van der Waals surface area (Å²) in [6, 6.07) is 16.5. The number of hydrogen-bond donors (Lipinski definition) is 5. The van der Waals surface area contributed by atoms with E-state index in [0.717, 1.165) is 22.4 Å². The van der Waals surface area contributed by atoms with Crippen LogP contribution in [-0.2, 0) is 20.9 Å². The number of aromatic amines is 1. The van der Waals surface area contributed by atoms with Crippen LogP contribution in [0.2, 0.25) is 0 Å². The van der Waals surface area contributed by atoms with Gasteiger partial charge in [-0.1, -0.05) is 38.8 Å². The van der Waals surface area contributed by atoms with Crippen molar-refractivity contribution in [2.45, 2.75) is 78.2 Å². The second-order valence-corrected chi connectivity index (χ2v) is 16.6. The molecule has 15 heteroatoms. The van der Waals surface area contributed by atoms with Crippen molar-refractivity contribution in [3.05, 3.63) is 89.2 Å². The van der Waals surface area contributed by atoms with Crippen molar-refractivity contribution in [1.29, 1.82) is 0 Å². The number of carbonyl (C=O) groups is 4. The van der Waals surface area contributed by atoms with Crippen LogP contribution in [0.5, 0.6) is 5.75 Å². The first-order valence-electron chi connectivity index (χ1n) is 20.2. The van der Waals surface area contributed by atoms with Crippen LogP contribution in [0.1, 0.15) is 67.7 Å². The number of aliphatic hydroxyl groups excluding tert-OH is 1. The second kappa shape index (κ2) is 18.8. The highest BCUT2D eigenvalue weighted by atomic mass is 16.5. The predicted molar refractivity (Wildman–Crippen MR) is 229 cm³/mol. The summed E-state index contributed by atoms with van der Waals surface area (Å²) in [5, 5.41) is 26.2. The molecule has 5 N–H and O–H groups in total. The van der Waals surface area contributed by atoms with Crippen LogP contribution in [0.25, 0.3) is 11.4 Å². The van der Waals surface area contributed by atoms with Crippen LogP contribution in [0.3, 0.4) is 0 Å². The summed E-state index contributed by atoms with van der Waals surface area (Å²) < 4.78 is 5.69. The molecule has 0 aliphatic carbocycles. The van der Waals surface area contributed by atoms with Gasteiger partial charge in [0.05, 0.1) is 30.3 Å². The number of likely N-dealkylation sites (tertiary alicyclic amines) is 1. The number of rotatable bonds is 13. The van der Waals surface area contributed by atoms with Gasteiger partial charge in [-0.2, -0.15) is 5.10 Å². The Balaban J connectivity index is 1.01. The highest BCUT2D eigenvalue weighted by molar-refractivity contribution is 6.04. The molecule has 0 bridgehead atoms. The fraction of sp³-hybridized carbons (Fsp3) is 0.422. The number of H-pyrrole nitrogens is 1. The summed E-state index contributed by atoms with van der Waals surface area (Å²) >= 11 is 0. The topological polar surface area (TPSA) is 185 Å². The van der Waals surface area contributed by atoms with E-state index in [2.05, 4.69) is 53.8 Å². The fourth-order valence-corrected chi connectivity index (χ4v) is 7.77. The van der Waals surface area contributed by atoms with Crippen molar-refractivity contribution in [2.24, 2.45) is 5.41 Å². The molecule has 2 fully saturated rings. The molecule has 0 spiro atoms. The lowest BCUT2D eigenvalue weighted by molar-refractivity contribution is -0.144. The Morgan fingerprint density at radius 1 is 1.07 bits per heavy atom. The zero-order chi connectivity index (χ0) is 43.1. The maximum atomic E-state index is 14.1. The van der Waals surface area contributed by atoms with Gasteiger partial charge in [0.2, 0.25) is 17.7 Å². The zero-order valence-corrected chi connectivity index (χ0v) is 35.1. The summed E-state index contributed by atoms with van der Waals surface area (Å²) in [6.07, 6.45) is 6.56. The number of ether oxygens (including phenoxy) is 1. The molecule has 4 atom stereocenters. The molecule has 6 rings (SSSR count). The van der Waals surface area contributed by atoms with E-state index in [1.165, 1.54) is 4.90 Å². The Bertz CT molecular complexity index is 2230. The van der Waals surface area contributed by atoms with E-state index in [4.69, 9.17) is 11.2 Å². The number of aryl methyl sites for hydroxylation is 1. The van der Waals surface area contributed by atoms with Gasteiger partial charge in [-0.25, -0.2) is 4.98 Å². The number of amides is 4. The Kier molecular flexibility index (Phi) is 13.6. The normalized spacial score (nSPS) is 18.7. The van der Waals surface area contributed by atoms with Crippen LogP contribution in [0, 0.1) is 24.7 Å². The smallest absolute Gasteiger partial charge is 0.274 e. The van der Waals surface area contributed by atoms with Gasteiger partial charge in [0.25, 0.3) is 5.91 Å². The van der Waals surface area contributed by atoms with Crippen LogP contribution in [0.15, 0.2) is 66.9 Å². The molecule has 60 heavy (non-hydrogen) atoms. The molecule has 15 nitrogen and oxygen atoms in total. The Labute approximate surface area is 351 Å². The number of carbonyl (C=O) groups excluding carboxylic acids is 4. The van der Waals surface area contributed by atoms with E-state index >= 15 is 0 Å². The number of anilines is 2. The van der Waals surface area contributed by atoms with E-state index in [0.29, 0.717) is 49.0 Å². The number of benzene rings is 2. The number of aromatic nitrogens is 3. The highest BCUT2D eigenvalue weighted by Crippen LogP contribution is 2.32. The van der Waals surface area contributed by atoms with Gasteiger partial charge >= 0.3 is 0 Å². The molecular formula is C45H55N9O6. The van der Waals surface area contributed by atoms with Crippen molar-refractivity contribution in [3.63, 3.8) is 0 Å². The molecule has 4 amide bonds. The van der Waals surface area contributed by atoms with E-state index < -0.39 is 29.5 Å². The third kappa shape index (κ3) is 10.3. The molecule has 4 heterocycles. The van der Waals surface area contributed by atoms with E-state index in [1.807, 2.05) is 64.1 Å². The third-order valence-corrected chi connectivity index (χ3v) is 11.1. The largest absolute Gasteiger partial charge is 0.494 e. The molecule has 0 radical (unpaired) electrons.